The summed E-state index contributed by atoms with van der Waals surface area (Å²) in [5.74, 6) is 0.162. The standard InChI is InChI=1S/C23H28FN5O3/c1-25-22(15-6-5-7-17(10-15)31-4)23(30)28-20-12-19(24)18(16-13-26-27-14-16)11-21(20)32-9-8-29(2)3/h5-7,10-14,22,25H,8-9H2,1-4H3,(H,26,27)(H,28,30). The minimum absolute atomic E-state index is 0.252. The first-order valence-electron chi connectivity index (χ1n) is 10.1. The van der Waals surface area contributed by atoms with Crippen molar-refractivity contribution in [2.45, 2.75) is 6.04 Å². The Balaban J connectivity index is 1.90. The second-order valence-corrected chi connectivity index (χ2v) is 7.45. The molecule has 3 rings (SSSR count). The van der Waals surface area contributed by atoms with Crippen molar-refractivity contribution in [3.63, 3.8) is 0 Å². The molecule has 1 aromatic heterocycles. The highest BCUT2D eigenvalue weighted by atomic mass is 19.1. The Kier molecular flexibility index (Phi) is 7.80. The Morgan fingerprint density at radius 2 is 2.09 bits per heavy atom. The maximum absolute atomic E-state index is 14.9. The molecule has 32 heavy (non-hydrogen) atoms. The molecular formula is C23H28FN5O3. The van der Waals surface area contributed by atoms with E-state index >= 15 is 0 Å². The van der Waals surface area contributed by atoms with Gasteiger partial charge in [-0.25, -0.2) is 4.39 Å². The van der Waals surface area contributed by atoms with Crippen LogP contribution in [0.2, 0.25) is 0 Å². The highest BCUT2D eigenvalue weighted by molar-refractivity contribution is 5.97. The SMILES string of the molecule is CNC(C(=O)Nc1cc(F)c(-c2cn[nH]c2)cc1OCCN(C)C)c1cccc(OC)c1. The van der Waals surface area contributed by atoms with Gasteiger partial charge in [0.2, 0.25) is 5.91 Å². The lowest BCUT2D eigenvalue weighted by atomic mass is 10.0. The zero-order valence-corrected chi connectivity index (χ0v) is 18.6. The van der Waals surface area contributed by atoms with E-state index in [1.54, 1.807) is 44.6 Å². The van der Waals surface area contributed by atoms with Crippen LogP contribution in [0.5, 0.6) is 11.5 Å². The van der Waals surface area contributed by atoms with Gasteiger partial charge in [0.1, 0.15) is 30.0 Å². The molecule has 0 aliphatic rings. The fraction of sp³-hybridized carbons (Fsp3) is 0.304. The second kappa shape index (κ2) is 10.7. The van der Waals surface area contributed by atoms with Gasteiger partial charge in [-0.05, 0) is 44.9 Å². The van der Waals surface area contributed by atoms with Crippen molar-refractivity contribution in [2.24, 2.45) is 0 Å². The van der Waals surface area contributed by atoms with E-state index in [1.165, 1.54) is 12.3 Å². The molecule has 0 spiro atoms. The molecule has 2 aromatic carbocycles. The van der Waals surface area contributed by atoms with E-state index in [1.807, 2.05) is 25.1 Å². The van der Waals surface area contributed by atoms with E-state index in [4.69, 9.17) is 9.47 Å². The van der Waals surface area contributed by atoms with Gasteiger partial charge in [-0.1, -0.05) is 12.1 Å². The number of hydrogen-bond donors (Lipinski definition) is 3. The van der Waals surface area contributed by atoms with Gasteiger partial charge in [0.05, 0.1) is 19.0 Å². The van der Waals surface area contributed by atoms with Crippen LogP contribution in [0.3, 0.4) is 0 Å². The molecular weight excluding hydrogens is 413 g/mol. The van der Waals surface area contributed by atoms with Gasteiger partial charge in [-0.15, -0.1) is 0 Å². The molecule has 1 unspecified atom stereocenters. The highest BCUT2D eigenvalue weighted by Crippen LogP contribution is 2.34. The van der Waals surface area contributed by atoms with Gasteiger partial charge in [-0.3, -0.25) is 9.89 Å². The van der Waals surface area contributed by atoms with Crippen molar-refractivity contribution < 1.29 is 18.7 Å². The molecule has 1 heterocycles. The topological polar surface area (TPSA) is 91.5 Å². The lowest BCUT2D eigenvalue weighted by molar-refractivity contribution is -0.118. The lowest BCUT2D eigenvalue weighted by Crippen LogP contribution is -2.31. The molecule has 8 nitrogen and oxygen atoms in total. The van der Waals surface area contributed by atoms with Gasteiger partial charge < -0.3 is 25.0 Å². The summed E-state index contributed by atoms with van der Waals surface area (Å²) in [5, 5.41) is 12.4. The summed E-state index contributed by atoms with van der Waals surface area (Å²) in [4.78, 5) is 15.1. The Morgan fingerprint density at radius 1 is 1.28 bits per heavy atom. The Morgan fingerprint density at radius 3 is 2.75 bits per heavy atom. The van der Waals surface area contributed by atoms with Crippen LogP contribution in [-0.2, 0) is 4.79 Å². The summed E-state index contributed by atoms with van der Waals surface area (Å²) >= 11 is 0. The Labute approximate surface area is 186 Å². The van der Waals surface area contributed by atoms with Gasteiger partial charge in [0, 0.05) is 29.9 Å². The molecule has 1 atom stereocenters. The van der Waals surface area contributed by atoms with Crippen molar-refractivity contribution in [1.82, 2.24) is 20.4 Å². The van der Waals surface area contributed by atoms with E-state index in [9.17, 15) is 9.18 Å². The maximum Gasteiger partial charge on any atom is 0.246 e. The maximum atomic E-state index is 14.9. The number of benzene rings is 2. The zero-order chi connectivity index (χ0) is 23.1. The number of rotatable bonds is 10. The summed E-state index contributed by atoms with van der Waals surface area (Å²) in [6.07, 6.45) is 3.13. The van der Waals surface area contributed by atoms with Crippen LogP contribution < -0.4 is 20.1 Å². The van der Waals surface area contributed by atoms with Crippen LogP contribution in [0.15, 0.2) is 48.8 Å². The van der Waals surface area contributed by atoms with E-state index in [2.05, 4.69) is 20.8 Å². The van der Waals surface area contributed by atoms with Crippen LogP contribution in [0.1, 0.15) is 11.6 Å². The van der Waals surface area contributed by atoms with E-state index < -0.39 is 11.9 Å². The molecule has 170 valence electrons. The number of nitrogens with zero attached hydrogens (tertiary/aromatic N) is 2. The normalized spacial score (nSPS) is 11.9. The first kappa shape index (κ1) is 23.2. The summed E-state index contributed by atoms with van der Waals surface area (Å²) in [6.45, 7) is 1.03. The van der Waals surface area contributed by atoms with Crippen LogP contribution in [0, 0.1) is 5.82 Å². The average Bonchev–Trinajstić information content (AvgIpc) is 3.30. The van der Waals surface area contributed by atoms with Crippen molar-refractivity contribution >= 4 is 11.6 Å². The zero-order valence-electron chi connectivity index (χ0n) is 18.6. The number of aromatic nitrogens is 2. The van der Waals surface area contributed by atoms with Crippen LogP contribution >= 0.6 is 0 Å². The summed E-state index contributed by atoms with van der Waals surface area (Å²) in [7, 11) is 7.11. The van der Waals surface area contributed by atoms with Gasteiger partial charge in [0.15, 0.2) is 0 Å². The molecule has 0 saturated carbocycles. The number of aromatic amines is 1. The molecule has 3 aromatic rings. The first-order valence-corrected chi connectivity index (χ1v) is 10.1. The number of nitrogens with one attached hydrogen (secondary N) is 3. The molecule has 0 fully saturated rings. The quantitative estimate of drug-likeness (QED) is 0.448. The summed E-state index contributed by atoms with van der Waals surface area (Å²) in [6, 6.07) is 9.37. The second-order valence-electron chi connectivity index (χ2n) is 7.45. The largest absolute Gasteiger partial charge is 0.497 e. The molecule has 0 aliphatic heterocycles. The third-order valence-electron chi connectivity index (χ3n) is 4.91. The van der Waals surface area contributed by atoms with Crippen molar-refractivity contribution in [3.05, 3.63) is 60.2 Å². The molecule has 3 N–H and O–H groups in total. The molecule has 0 aliphatic carbocycles. The van der Waals surface area contributed by atoms with Crippen LogP contribution in [0.4, 0.5) is 10.1 Å². The summed E-state index contributed by atoms with van der Waals surface area (Å²) in [5.41, 5.74) is 1.88. The van der Waals surface area contributed by atoms with E-state index in [0.717, 1.165) is 5.56 Å². The molecule has 0 radical (unpaired) electrons. The monoisotopic (exact) mass is 441 g/mol. The first-order chi connectivity index (χ1) is 15.4. The van der Waals surface area contributed by atoms with Crippen molar-refractivity contribution in [2.75, 3.05) is 46.7 Å². The fourth-order valence-corrected chi connectivity index (χ4v) is 3.20. The number of methoxy groups -OCH3 is 1. The Hall–Kier alpha value is -3.43. The van der Waals surface area contributed by atoms with Gasteiger partial charge >= 0.3 is 0 Å². The van der Waals surface area contributed by atoms with Gasteiger partial charge in [-0.2, -0.15) is 5.10 Å². The third kappa shape index (κ3) is 5.63. The number of carbonyl (C=O) groups is 1. The van der Waals surface area contributed by atoms with E-state index in [-0.39, 0.29) is 11.6 Å². The third-order valence-corrected chi connectivity index (χ3v) is 4.91. The number of amides is 1. The number of likely N-dealkylation sites (N-methyl/N-ethyl adjacent to an activating group) is 2. The molecule has 0 saturated heterocycles. The number of halogens is 1. The molecule has 9 heteroatoms. The number of carbonyl (C=O) groups excluding carboxylic acids is 1. The summed E-state index contributed by atoms with van der Waals surface area (Å²) < 4.78 is 26.1. The minimum Gasteiger partial charge on any atom is -0.497 e. The average molecular weight is 442 g/mol. The minimum atomic E-state index is -0.670. The number of ether oxygens (including phenoxy) is 2. The van der Waals surface area contributed by atoms with Crippen LogP contribution in [0.25, 0.3) is 11.1 Å². The fourth-order valence-electron chi connectivity index (χ4n) is 3.20. The smallest absolute Gasteiger partial charge is 0.246 e. The number of anilines is 1. The molecule has 0 bridgehead atoms. The predicted molar refractivity (Wildman–Crippen MR) is 121 cm³/mol. The number of H-pyrrole nitrogens is 1. The van der Waals surface area contributed by atoms with E-state index in [0.29, 0.717) is 35.8 Å². The highest BCUT2D eigenvalue weighted by Gasteiger charge is 2.22. The van der Waals surface area contributed by atoms with Crippen molar-refractivity contribution in [1.29, 1.82) is 0 Å². The van der Waals surface area contributed by atoms with Crippen LogP contribution in [-0.4, -0.2) is 62.4 Å². The lowest BCUT2D eigenvalue weighted by Gasteiger charge is -2.20. The van der Waals surface area contributed by atoms with Gasteiger partial charge in [0.25, 0.3) is 0 Å². The Bertz CT molecular complexity index is 1040. The molecule has 1 amide bonds. The number of hydrogen-bond acceptors (Lipinski definition) is 6. The van der Waals surface area contributed by atoms with Crippen molar-refractivity contribution in [3.8, 4) is 22.6 Å². The predicted octanol–water partition coefficient (Wildman–Crippen LogP) is 3.06.